The zero-order valence-corrected chi connectivity index (χ0v) is 18.0. The van der Waals surface area contributed by atoms with Gasteiger partial charge in [-0.15, -0.1) is 0 Å². The average Bonchev–Trinajstić information content (AvgIpc) is 3.46. The van der Waals surface area contributed by atoms with E-state index in [9.17, 15) is 9.18 Å². The van der Waals surface area contributed by atoms with Crippen LogP contribution < -0.4 is 10.1 Å². The number of hydrogen-bond acceptors (Lipinski definition) is 5. The molecule has 4 rings (SSSR count). The van der Waals surface area contributed by atoms with E-state index in [1.807, 2.05) is 13.1 Å². The van der Waals surface area contributed by atoms with Crippen LogP contribution in [-0.4, -0.2) is 25.7 Å². The second-order valence-electron chi connectivity index (χ2n) is 6.75. The van der Waals surface area contributed by atoms with Crippen LogP contribution in [0.2, 0.25) is 5.02 Å². The SMILES string of the molecule is CCn1cc(CN2C(=O)/C(=C\c3ccc(COc4ccc(F)c(Cl)c4)o3)NC2=S)cn1. The number of ether oxygens (including phenoxy) is 1. The minimum atomic E-state index is -0.513. The van der Waals surface area contributed by atoms with Gasteiger partial charge in [-0.3, -0.25) is 14.4 Å². The molecule has 10 heteroatoms. The lowest BCUT2D eigenvalue weighted by Gasteiger charge is -2.12. The zero-order chi connectivity index (χ0) is 22.0. The van der Waals surface area contributed by atoms with Crippen LogP contribution in [0.5, 0.6) is 5.75 Å². The topological polar surface area (TPSA) is 72.5 Å². The molecule has 0 spiro atoms. The van der Waals surface area contributed by atoms with Crippen molar-refractivity contribution in [2.24, 2.45) is 0 Å². The highest BCUT2D eigenvalue weighted by Crippen LogP contribution is 2.23. The number of aryl methyl sites for hydroxylation is 1. The van der Waals surface area contributed by atoms with Crippen LogP contribution in [0, 0.1) is 5.82 Å². The fourth-order valence-corrected chi connectivity index (χ4v) is 3.40. The van der Waals surface area contributed by atoms with Gasteiger partial charge in [0.05, 0.1) is 17.8 Å². The highest BCUT2D eigenvalue weighted by molar-refractivity contribution is 7.80. The fraction of sp³-hybridized carbons (Fsp3) is 0.190. The normalized spacial score (nSPS) is 15.1. The minimum Gasteiger partial charge on any atom is -0.486 e. The Kier molecular flexibility index (Phi) is 6.06. The number of nitrogens with one attached hydrogen (secondary N) is 1. The minimum absolute atomic E-state index is 0.0178. The Morgan fingerprint density at radius 2 is 2.19 bits per heavy atom. The van der Waals surface area contributed by atoms with E-state index >= 15 is 0 Å². The first kappa shape index (κ1) is 21.1. The molecule has 0 radical (unpaired) electrons. The summed E-state index contributed by atoms with van der Waals surface area (Å²) >= 11 is 11.1. The fourth-order valence-electron chi connectivity index (χ4n) is 2.97. The van der Waals surface area contributed by atoms with Gasteiger partial charge in [-0.05, 0) is 43.4 Å². The van der Waals surface area contributed by atoms with Crippen LogP contribution in [-0.2, 0) is 24.5 Å². The number of benzene rings is 1. The first-order valence-electron chi connectivity index (χ1n) is 9.45. The highest BCUT2D eigenvalue weighted by atomic mass is 35.5. The van der Waals surface area contributed by atoms with Crippen LogP contribution in [0.25, 0.3) is 6.08 Å². The number of halogens is 2. The number of rotatable bonds is 7. The number of carbonyl (C=O) groups is 1. The second kappa shape index (κ2) is 8.91. The molecule has 1 amide bonds. The first-order chi connectivity index (χ1) is 14.9. The Morgan fingerprint density at radius 3 is 2.94 bits per heavy atom. The number of thiocarbonyl (C=S) groups is 1. The van der Waals surface area contributed by atoms with Crippen molar-refractivity contribution in [2.75, 3.05) is 0 Å². The summed E-state index contributed by atoms with van der Waals surface area (Å²) < 4.78 is 26.3. The van der Waals surface area contributed by atoms with Crippen molar-refractivity contribution in [3.63, 3.8) is 0 Å². The predicted molar refractivity (Wildman–Crippen MR) is 117 cm³/mol. The van der Waals surface area contributed by atoms with Crippen molar-refractivity contribution in [1.82, 2.24) is 20.0 Å². The van der Waals surface area contributed by atoms with E-state index in [0.29, 0.717) is 34.6 Å². The second-order valence-corrected chi connectivity index (χ2v) is 7.55. The van der Waals surface area contributed by atoms with Crippen LogP contribution in [0.3, 0.4) is 0 Å². The third-order valence-electron chi connectivity index (χ3n) is 4.55. The molecule has 0 bridgehead atoms. The third-order valence-corrected chi connectivity index (χ3v) is 5.17. The van der Waals surface area contributed by atoms with Crippen molar-refractivity contribution >= 4 is 40.9 Å². The van der Waals surface area contributed by atoms with E-state index in [4.69, 9.17) is 33.0 Å². The maximum atomic E-state index is 13.2. The van der Waals surface area contributed by atoms with Gasteiger partial charge < -0.3 is 14.5 Å². The van der Waals surface area contributed by atoms with Gasteiger partial charge in [-0.1, -0.05) is 11.6 Å². The molecule has 160 valence electrons. The lowest BCUT2D eigenvalue weighted by atomic mass is 10.3. The third kappa shape index (κ3) is 4.78. The smallest absolute Gasteiger partial charge is 0.276 e. The van der Waals surface area contributed by atoms with Crippen molar-refractivity contribution in [2.45, 2.75) is 26.6 Å². The average molecular weight is 461 g/mol. The summed E-state index contributed by atoms with van der Waals surface area (Å²) in [6, 6.07) is 7.55. The Bertz CT molecular complexity index is 1170. The molecule has 0 unspecified atom stereocenters. The van der Waals surface area contributed by atoms with E-state index in [1.165, 1.54) is 23.1 Å². The molecule has 31 heavy (non-hydrogen) atoms. The Morgan fingerprint density at radius 1 is 1.35 bits per heavy atom. The van der Waals surface area contributed by atoms with Crippen molar-refractivity contribution in [3.8, 4) is 5.75 Å². The lowest BCUT2D eigenvalue weighted by molar-refractivity contribution is -0.122. The van der Waals surface area contributed by atoms with Crippen LogP contribution in [0.4, 0.5) is 4.39 Å². The Labute approximate surface area is 188 Å². The number of amides is 1. The van der Waals surface area contributed by atoms with Gasteiger partial charge >= 0.3 is 0 Å². The van der Waals surface area contributed by atoms with Crippen molar-refractivity contribution in [1.29, 1.82) is 0 Å². The summed E-state index contributed by atoms with van der Waals surface area (Å²) in [6.45, 7) is 3.20. The Balaban J connectivity index is 1.40. The standard InChI is InChI=1S/C21H18ClFN4O3S/c1-2-26-10-13(9-24-26)11-27-20(28)19(25-21(27)31)8-15-3-4-16(30-15)12-29-14-5-6-18(23)17(22)7-14/h3-10H,2,11-12H2,1H3,(H,25,31)/b19-8+. The van der Waals surface area contributed by atoms with Gasteiger partial charge in [0.15, 0.2) is 5.11 Å². The molecule has 0 saturated carbocycles. The zero-order valence-electron chi connectivity index (χ0n) is 16.5. The monoisotopic (exact) mass is 460 g/mol. The number of hydrogen-bond donors (Lipinski definition) is 1. The molecular weight excluding hydrogens is 443 g/mol. The van der Waals surface area contributed by atoms with E-state index in [0.717, 1.165) is 12.1 Å². The van der Waals surface area contributed by atoms with E-state index in [-0.39, 0.29) is 17.5 Å². The van der Waals surface area contributed by atoms with E-state index < -0.39 is 5.82 Å². The van der Waals surface area contributed by atoms with Gasteiger partial charge in [0.25, 0.3) is 5.91 Å². The summed E-state index contributed by atoms with van der Waals surface area (Å²) in [7, 11) is 0. The van der Waals surface area contributed by atoms with Crippen molar-refractivity contribution < 1.29 is 18.3 Å². The summed E-state index contributed by atoms with van der Waals surface area (Å²) in [5.41, 5.74) is 1.21. The molecule has 1 fully saturated rings. The summed E-state index contributed by atoms with van der Waals surface area (Å²) in [5.74, 6) is 0.659. The summed E-state index contributed by atoms with van der Waals surface area (Å²) in [6.07, 6.45) is 5.18. The van der Waals surface area contributed by atoms with Crippen LogP contribution in [0.15, 0.2) is 52.8 Å². The summed E-state index contributed by atoms with van der Waals surface area (Å²) in [5, 5.41) is 7.44. The van der Waals surface area contributed by atoms with Crippen LogP contribution in [0.1, 0.15) is 24.0 Å². The van der Waals surface area contributed by atoms with Gasteiger partial charge in [0.2, 0.25) is 0 Å². The molecule has 3 heterocycles. The molecule has 0 aliphatic carbocycles. The molecule has 1 aliphatic heterocycles. The largest absolute Gasteiger partial charge is 0.486 e. The van der Waals surface area contributed by atoms with Gasteiger partial charge in [0, 0.05) is 30.4 Å². The maximum Gasteiger partial charge on any atom is 0.276 e. The number of carbonyl (C=O) groups excluding carboxylic acids is 1. The van der Waals surface area contributed by atoms with Gasteiger partial charge in [-0.25, -0.2) is 4.39 Å². The molecule has 0 atom stereocenters. The molecule has 1 N–H and O–H groups in total. The molecule has 7 nitrogen and oxygen atoms in total. The molecule has 1 aliphatic rings. The number of furan rings is 1. The maximum absolute atomic E-state index is 13.2. The first-order valence-corrected chi connectivity index (χ1v) is 10.2. The lowest BCUT2D eigenvalue weighted by Crippen LogP contribution is -2.29. The van der Waals surface area contributed by atoms with Crippen LogP contribution >= 0.6 is 23.8 Å². The molecule has 1 aromatic carbocycles. The molecular formula is C21H18ClFN4O3S. The molecule has 3 aromatic rings. The highest BCUT2D eigenvalue weighted by Gasteiger charge is 2.31. The number of aromatic nitrogens is 2. The molecule has 2 aromatic heterocycles. The number of nitrogens with zero attached hydrogens (tertiary/aromatic N) is 3. The summed E-state index contributed by atoms with van der Waals surface area (Å²) in [4.78, 5) is 14.2. The van der Waals surface area contributed by atoms with E-state index in [1.54, 1.807) is 29.1 Å². The van der Waals surface area contributed by atoms with E-state index in [2.05, 4.69) is 10.4 Å². The van der Waals surface area contributed by atoms with Gasteiger partial charge in [-0.2, -0.15) is 5.10 Å². The Hall–Kier alpha value is -3.17. The van der Waals surface area contributed by atoms with Crippen molar-refractivity contribution in [3.05, 3.63) is 76.3 Å². The quantitative estimate of drug-likeness (QED) is 0.422. The predicted octanol–water partition coefficient (Wildman–Crippen LogP) is 4.13. The van der Waals surface area contributed by atoms with Gasteiger partial charge in [0.1, 0.15) is 35.4 Å². The molecule has 1 saturated heterocycles.